The van der Waals surface area contributed by atoms with Crippen LogP contribution in [0.2, 0.25) is 0 Å². The summed E-state index contributed by atoms with van der Waals surface area (Å²) in [5, 5.41) is 13.1. The standard InChI is InChI=1S/C14H26N2O2/c1-14(2,3)13(18)12(17)6-4-5-9-16-10-7-15-8-11-16/h4-5,12,15,17H,6-11H2,1-3H3/b5-4+/t12-/m0/s1. The molecule has 1 aliphatic rings. The van der Waals surface area contributed by atoms with E-state index in [1.54, 1.807) is 0 Å². The lowest BCUT2D eigenvalue weighted by Gasteiger charge is -2.25. The summed E-state index contributed by atoms with van der Waals surface area (Å²) in [4.78, 5) is 14.1. The molecule has 1 fully saturated rings. The van der Waals surface area contributed by atoms with Gasteiger partial charge in [-0.15, -0.1) is 0 Å². The molecular weight excluding hydrogens is 228 g/mol. The Hall–Kier alpha value is -0.710. The predicted molar refractivity (Wildman–Crippen MR) is 73.5 cm³/mol. The summed E-state index contributed by atoms with van der Waals surface area (Å²) in [6.07, 6.45) is 3.51. The summed E-state index contributed by atoms with van der Waals surface area (Å²) >= 11 is 0. The second-order valence-corrected chi connectivity index (χ2v) is 5.89. The van der Waals surface area contributed by atoms with E-state index >= 15 is 0 Å². The first kappa shape index (κ1) is 15.3. The van der Waals surface area contributed by atoms with Gasteiger partial charge < -0.3 is 10.4 Å². The van der Waals surface area contributed by atoms with Crippen molar-refractivity contribution < 1.29 is 9.90 Å². The van der Waals surface area contributed by atoms with E-state index in [1.807, 2.05) is 32.9 Å². The Morgan fingerprint density at radius 3 is 2.50 bits per heavy atom. The van der Waals surface area contributed by atoms with Gasteiger partial charge >= 0.3 is 0 Å². The highest BCUT2D eigenvalue weighted by atomic mass is 16.3. The Morgan fingerprint density at radius 2 is 1.94 bits per heavy atom. The molecule has 4 heteroatoms. The molecule has 1 aliphatic heterocycles. The number of carbonyl (C=O) groups is 1. The molecule has 0 aromatic heterocycles. The Labute approximate surface area is 110 Å². The van der Waals surface area contributed by atoms with Gasteiger partial charge in [0.05, 0.1) is 0 Å². The SMILES string of the molecule is CC(C)(C)C(=O)[C@@H](O)C/C=C/CN1CCNCC1. The van der Waals surface area contributed by atoms with E-state index in [1.165, 1.54) is 0 Å². The van der Waals surface area contributed by atoms with E-state index in [9.17, 15) is 9.90 Å². The molecule has 1 atom stereocenters. The molecule has 0 aromatic carbocycles. The van der Waals surface area contributed by atoms with Crippen molar-refractivity contribution in [3.05, 3.63) is 12.2 Å². The molecule has 0 aromatic rings. The molecule has 0 amide bonds. The Morgan fingerprint density at radius 1 is 1.33 bits per heavy atom. The number of aliphatic hydroxyl groups is 1. The molecule has 1 rings (SSSR count). The molecule has 1 heterocycles. The number of rotatable bonds is 5. The maximum absolute atomic E-state index is 11.8. The zero-order valence-corrected chi connectivity index (χ0v) is 11.8. The number of piperazine rings is 1. The minimum absolute atomic E-state index is 0.0886. The van der Waals surface area contributed by atoms with E-state index in [0.29, 0.717) is 6.42 Å². The van der Waals surface area contributed by atoms with Crippen LogP contribution >= 0.6 is 0 Å². The topological polar surface area (TPSA) is 52.6 Å². The van der Waals surface area contributed by atoms with Gasteiger partial charge in [-0.05, 0) is 6.42 Å². The summed E-state index contributed by atoms with van der Waals surface area (Å²) in [5.41, 5.74) is -0.466. The van der Waals surface area contributed by atoms with Crippen molar-refractivity contribution in [1.82, 2.24) is 10.2 Å². The van der Waals surface area contributed by atoms with Gasteiger partial charge in [0, 0.05) is 38.1 Å². The minimum atomic E-state index is -0.871. The van der Waals surface area contributed by atoms with E-state index in [-0.39, 0.29) is 5.78 Å². The number of hydrogen-bond donors (Lipinski definition) is 2. The monoisotopic (exact) mass is 254 g/mol. The van der Waals surface area contributed by atoms with Crippen LogP contribution in [0.1, 0.15) is 27.2 Å². The summed E-state index contributed by atoms with van der Waals surface area (Å²) in [5.74, 6) is -0.0886. The van der Waals surface area contributed by atoms with Gasteiger partial charge in [-0.2, -0.15) is 0 Å². The highest BCUT2D eigenvalue weighted by Gasteiger charge is 2.27. The predicted octanol–water partition coefficient (Wildman–Crippen LogP) is 0.814. The van der Waals surface area contributed by atoms with Gasteiger partial charge in [0.1, 0.15) is 6.10 Å². The Bertz CT molecular complexity index is 289. The molecule has 0 unspecified atom stereocenters. The van der Waals surface area contributed by atoms with Crippen molar-refractivity contribution in [2.75, 3.05) is 32.7 Å². The van der Waals surface area contributed by atoms with Crippen molar-refractivity contribution in [3.63, 3.8) is 0 Å². The summed E-state index contributed by atoms with van der Waals surface area (Å²) in [7, 11) is 0. The van der Waals surface area contributed by atoms with E-state index in [2.05, 4.69) is 10.2 Å². The van der Waals surface area contributed by atoms with Gasteiger partial charge in [0.2, 0.25) is 0 Å². The molecule has 1 saturated heterocycles. The quantitative estimate of drug-likeness (QED) is 0.713. The molecule has 0 bridgehead atoms. The van der Waals surface area contributed by atoms with Crippen LogP contribution in [-0.4, -0.2) is 54.6 Å². The third-order valence-corrected chi connectivity index (χ3v) is 3.14. The third kappa shape index (κ3) is 5.29. The minimum Gasteiger partial charge on any atom is -0.385 e. The molecule has 18 heavy (non-hydrogen) atoms. The largest absolute Gasteiger partial charge is 0.385 e. The number of carbonyl (C=O) groups excluding carboxylic acids is 1. The smallest absolute Gasteiger partial charge is 0.166 e. The number of nitrogens with one attached hydrogen (secondary N) is 1. The average molecular weight is 254 g/mol. The van der Waals surface area contributed by atoms with Gasteiger partial charge in [-0.1, -0.05) is 32.9 Å². The molecule has 0 aliphatic carbocycles. The Balaban J connectivity index is 2.25. The number of hydrogen-bond acceptors (Lipinski definition) is 4. The second kappa shape index (κ2) is 7.02. The van der Waals surface area contributed by atoms with Crippen LogP contribution in [-0.2, 0) is 4.79 Å². The van der Waals surface area contributed by atoms with Gasteiger partial charge in [-0.25, -0.2) is 0 Å². The zero-order chi connectivity index (χ0) is 13.6. The van der Waals surface area contributed by atoms with Crippen molar-refractivity contribution in [2.24, 2.45) is 5.41 Å². The highest BCUT2D eigenvalue weighted by molar-refractivity contribution is 5.87. The van der Waals surface area contributed by atoms with Crippen LogP contribution in [0.25, 0.3) is 0 Å². The fourth-order valence-electron chi connectivity index (χ4n) is 1.95. The second-order valence-electron chi connectivity index (χ2n) is 5.89. The van der Waals surface area contributed by atoms with Gasteiger partial charge in [0.15, 0.2) is 5.78 Å². The molecular formula is C14H26N2O2. The van der Waals surface area contributed by atoms with Crippen molar-refractivity contribution in [3.8, 4) is 0 Å². The molecule has 104 valence electrons. The van der Waals surface area contributed by atoms with E-state index in [4.69, 9.17) is 0 Å². The molecule has 0 saturated carbocycles. The van der Waals surface area contributed by atoms with Crippen LogP contribution in [0, 0.1) is 5.41 Å². The first-order chi connectivity index (χ1) is 8.41. The molecule has 0 radical (unpaired) electrons. The molecule has 0 spiro atoms. The lowest BCUT2D eigenvalue weighted by atomic mass is 9.86. The van der Waals surface area contributed by atoms with E-state index in [0.717, 1.165) is 32.7 Å². The van der Waals surface area contributed by atoms with Crippen molar-refractivity contribution in [2.45, 2.75) is 33.3 Å². The maximum atomic E-state index is 11.8. The van der Waals surface area contributed by atoms with Crippen molar-refractivity contribution in [1.29, 1.82) is 0 Å². The zero-order valence-electron chi connectivity index (χ0n) is 11.8. The van der Waals surface area contributed by atoms with E-state index < -0.39 is 11.5 Å². The lowest BCUT2D eigenvalue weighted by Crippen LogP contribution is -2.43. The number of nitrogens with zero attached hydrogens (tertiary/aromatic N) is 1. The maximum Gasteiger partial charge on any atom is 0.166 e. The Kier molecular flexibility index (Phi) is 5.99. The average Bonchev–Trinajstić information content (AvgIpc) is 2.33. The third-order valence-electron chi connectivity index (χ3n) is 3.14. The first-order valence-electron chi connectivity index (χ1n) is 6.71. The fraction of sp³-hybridized carbons (Fsp3) is 0.786. The van der Waals surface area contributed by atoms with Crippen LogP contribution < -0.4 is 5.32 Å². The van der Waals surface area contributed by atoms with Gasteiger partial charge in [-0.3, -0.25) is 9.69 Å². The fourth-order valence-corrected chi connectivity index (χ4v) is 1.95. The normalized spacial score (nSPS) is 20.2. The van der Waals surface area contributed by atoms with Crippen LogP contribution in [0.15, 0.2) is 12.2 Å². The van der Waals surface area contributed by atoms with Gasteiger partial charge in [0.25, 0.3) is 0 Å². The number of ketones is 1. The number of aliphatic hydroxyl groups excluding tert-OH is 1. The van der Waals surface area contributed by atoms with Crippen LogP contribution in [0.5, 0.6) is 0 Å². The number of Topliss-reactive ketones (excluding diaryl/α,β-unsaturated/α-hetero) is 1. The van der Waals surface area contributed by atoms with Crippen LogP contribution in [0.4, 0.5) is 0 Å². The summed E-state index contributed by atoms with van der Waals surface area (Å²) in [6.45, 7) is 10.6. The summed E-state index contributed by atoms with van der Waals surface area (Å²) < 4.78 is 0. The lowest BCUT2D eigenvalue weighted by molar-refractivity contribution is -0.134. The molecule has 4 nitrogen and oxygen atoms in total. The molecule has 2 N–H and O–H groups in total. The summed E-state index contributed by atoms with van der Waals surface area (Å²) in [6, 6.07) is 0. The van der Waals surface area contributed by atoms with Crippen molar-refractivity contribution >= 4 is 5.78 Å². The highest BCUT2D eigenvalue weighted by Crippen LogP contribution is 2.18. The first-order valence-corrected chi connectivity index (χ1v) is 6.71. The van der Waals surface area contributed by atoms with Crippen LogP contribution in [0.3, 0.4) is 0 Å².